The van der Waals surface area contributed by atoms with Gasteiger partial charge in [0.1, 0.15) is 12.4 Å². The number of amides is 1. The van der Waals surface area contributed by atoms with Crippen molar-refractivity contribution in [3.63, 3.8) is 0 Å². The summed E-state index contributed by atoms with van der Waals surface area (Å²) in [5.41, 5.74) is 0.956. The molecule has 0 saturated heterocycles. The van der Waals surface area contributed by atoms with E-state index in [-0.39, 0.29) is 12.5 Å². The van der Waals surface area contributed by atoms with E-state index in [1.54, 1.807) is 43.5 Å². The molecule has 0 unspecified atom stereocenters. The average molecular weight is 389 g/mol. The number of esters is 1. The molecule has 2 aromatic rings. The Labute approximate surface area is 163 Å². The van der Waals surface area contributed by atoms with Crippen LogP contribution in [0.15, 0.2) is 42.5 Å². The quantitative estimate of drug-likeness (QED) is 0.493. The Morgan fingerprint density at radius 1 is 0.929 bits per heavy atom. The van der Waals surface area contributed by atoms with E-state index in [2.05, 4.69) is 10.1 Å². The number of methoxy groups -OCH3 is 3. The fourth-order valence-electron chi connectivity index (χ4n) is 2.23. The molecule has 0 bridgehead atoms. The van der Waals surface area contributed by atoms with Gasteiger partial charge in [-0.1, -0.05) is 6.07 Å². The average Bonchev–Trinajstić information content (AvgIpc) is 2.72. The lowest BCUT2D eigenvalue weighted by Crippen LogP contribution is -2.14. The summed E-state index contributed by atoms with van der Waals surface area (Å²) < 4.78 is 25.6. The summed E-state index contributed by atoms with van der Waals surface area (Å²) in [6.07, 6.45) is 0. The molecule has 1 amide bonds. The number of carbonyl (C=O) groups is 2. The fraction of sp³-hybridized carbons (Fsp3) is 0.300. The molecule has 0 spiro atoms. The van der Waals surface area contributed by atoms with Crippen LogP contribution in [0.25, 0.3) is 0 Å². The van der Waals surface area contributed by atoms with Crippen molar-refractivity contribution in [1.29, 1.82) is 0 Å². The molecule has 0 heterocycles. The molecule has 28 heavy (non-hydrogen) atoms. The highest BCUT2D eigenvalue weighted by molar-refractivity contribution is 6.04. The van der Waals surface area contributed by atoms with E-state index >= 15 is 0 Å². The highest BCUT2D eigenvalue weighted by Gasteiger charge is 2.13. The van der Waals surface area contributed by atoms with Crippen LogP contribution >= 0.6 is 0 Å². The summed E-state index contributed by atoms with van der Waals surface area (Å²) in [6, 6.07) is 11.7. The third kappa shape index (κ3) is 6.17. The van der Waals surface area contributed by atoms with Crippen LogP contribution in [0.5, 0.6) is 17.2 Å². The van der Waals surface area contributed by atoms with E-state index in [1.165, 1.54) is 20.3 Å². The zero-order valence-electron chi connectivity index (χ0n) is 16.0. The molecular weight excluding hydrogens is 366 g/mol. The maximum absolute atomic E-state index is 12.5. The van der Waals surface area contributed by atoms with Crippen molar-refractivity contribution in [2.75, 3.05) is 46.5 Å². The van der Waals surface area contributed by atoms with E-state index in [9.17, 15) is 9.59 Å². The molecule has 0 aliphatic carbocycles. The number of carbonyl (C=O) groups excluding carboxylic acids is 2. The summed E-state index contributed by atoms with van der Waals surface area (Å²) in [5.74, 6) is 0.438. The first kappa shape index (κ1) is 21.0. The second kappa shape index (κ2) is 10.8. The van der Waals surface area contributed by atoms with E-state index in [1.807, 2.05) is 0 Å². The molecule has 0 aliphatic rings. The second-order valence-electron chi connectivity index (χ2n) is 5.55. The van der Waals surface area contributed by atoms with Crippen molar-refractivity contribution < 1.29 is 33.3 Å². The second-order valence-corrected chi connectivity index (χ2v) is 5.55. The van der Waals surface area contributed by atoms with Gasteiger partial charge in [-0.05, 0) is 30.3 Å². The van der Waals surface area contributed by atoms with Gasteiger partial charge in [0.05, 0.1) is 20.8 Å². The number of anilines is 1. The molecule has 0 atom stereocenters. The van der Waals surface area contributed by atoms with E-state index in [0.29, 0.717) is 41.7 Å². The Bertz CT molecular complexity index is 807. The van der Waals surface area contributed by atoms with Gasteiger partial charge in [-0.3, -0.25) is 4.79 Å². The third-order valence-electron chi connectivity index (χ3n) is 3.65. The number of benzene rings is 2. The maximum Gasteiger partial charge on any atom is 0.343 e. The van der Waals surface area contributed by atoms with Gasteiger partial charge >= 0.3 is 5.97 Å². The summed E-state index contributed by atoms with van der Waals surface area (Å²) in [7, 11) is 4.32. The minimum Gasteiger partial charge on any atom is -0.493 e. The molecule has 0 saturated carbocycles. The maximum atomic E-state index is 12.5. The summed E-state index contributed by atoms with van der Waals surface area (Å²) in [4.78, 5) is 23.7. The molecule has 8 nitrogen and oxygen atoms in total. The number of nitrogens with one attached hydrogen (secondary N) is 1. The minimum absolute atomic E-state index is 0.256. The summed E-state index contributed by atoms with van der Waals surface area (Å²) in [6.45, 7) is 0.632. The standard InChI is InChI=1S/C20H23NO7/c1-24-9-10-27-16-6-4-5-15(12-16)21-20(23)14-7-8-17(18(11-14)25-2)28-13-19(22)26-3/h4-8,11-12H,9-10,13H2,1-3H3,(H,21,23). The van der Waals surface area contributed by atoms with Crippen LogP contribution in [0.3, 0.4) is 0 Å². The first-order valence-electron chi connectivity index (χ1n) is 8.48. The molecule has 2 aromatic carbocycles. The van der Waals surface area contributed by atoms with Crippen LogP contribution in [0.1, 0.15) is 10.4 Å². The Morgan fingerprint density at radius 3 is 2.46 bits per heavy atom. The zero-order valence-corrected chi connectivity index (χ0v) is 16.0. The first-order valence-corrected chi connectivity index (χ1v) is 8.48. The lowest BCUT2D eigenvalue weighted by Gasteiger charge is -2.12. The predicted octanol–water partition coefficient (Wildman–Crippen LogP) is 2.52. The van der Waals surface area contributed by atoms with Crippen LogP contribution in [-0.4, -0.2) is 53.0 Å². The smallest absolute Gasteiger partial charge is 0.343 e. The molecular formula is C20H23NO7. The van der Waals surface area contributed by atoms with Crippen molar-refractivity contribution >= 4 is 17.6 Å². The number of hydrogen-bond donors (Lipinski definition) is 1. The van der Waals surface area contributed by atoms with Crippen LogP contribution in [0.4, 0.5) is 5.69 Å². The fourth-order valence-corrected chi connectivity index (χ4v) is 2.23. The summed E-state index contributed by atoms with van der Waals surface area (Å²) >= 11 is 0. The van der Waals surface area contributed by atoms with E-state index in [0.717, 1.165) is 0 Å². The van der Waals surface area contributed by atoms with Gasteiger partial charge in [0.2, 0.25) is 0 Å². The topological polar surface area (TPSA) is 92.3 Å². The molecule has 1 N–H and O–H groups in total. The molecule has 0 aromatic heterocycles. The molecule has 150 valence electrons. The van der Waals surface area contributed by atoms with Gasteiger partial charge in [-0.15, -0.1) is 0 Å². The van der Waals surface area contributed by atoms with Crippen molar-refractivity contribution in [3.05, 3.63) is 48.0 Å². The number of ether oxygens (including phenoxy) is 5. The third-order valence-corrected chi connectivity index (χ3v) is 3.65. The van der Waals surface area contributed by atoms with Gasteiger partial charge in [-0.2, -0.15) is 0 Å². The Kier molecular flexibility index (Phi) is 8.11. The van der Waals surface area contributed by atoms with E-state index < -0.39 is 5.97 Å². The molecule has 2 rings (SSSR count). The highest BCUT2D eigenvalue weighted by atomic mass is 16.6. The molecule has 0 fully saturated rings. The van der Waals surface area contributed by atoms with Crippen LogP contribution in [-0.2, 0) is 14.3 Å². The monoisotopic (exact) mass is 389 g/mol. The predicted molar refractivity (Wildman–Crippen MR) is 102 cm³/mol. The highest BCUT2D eigenvalue weighted by Crippen LogP contribution is 2.28. The van der Waals surface area contributed by atoms with Crippen LogP contribution < -0.4 is 19.5 Å². The van der Waals surface area contributed by atoms with E-state index in [4.69, 9.17) is 18.9 Å². The largest absolute Gasteiger partial charge is 0.493 e. The normalized spacial score (nSPS) is 10.1. The number of rotatable bonds is 10. The minimum atomic E-state index is -0.517. The first-order chi connectivity index (χ1) is 13.6. The van der Waals surface area contributed by atoms with Crippen molar-refractivity contribution in [1.82, 2.24) is 0 Å². The van der Waals surface area contributed by atoms with Gasteiger partial charge in [0.15, 0.2) is 18.1 Å². The van der Waals surface area contributed by atoms with Crippen LogP contribution in [0, 0.1) is 0 Å². The Morgan fingerprint density at radius 2 is 1.75 bits per heavy atom. The van der Waals surface area contributed by atoms with Crippen LogP contribution in [0.2, 0.25) is 0 Å². The Balaban J connectivity index is 2.05. The number of hydrogen-bond acceptors (Lipinski definition) is 7. The van der Waals surface area contributed by atoms with Gasteiger partial charge in [0, 0.05) is 24.4 Å². The molecule has 0 radical (unpaired) electrons. The summed E-state index contributed by atoms with van der Waals surface area (Å²) in [5, 5.41) is 2.80. The lowest BCUT2D eigenvalue weighted by molar-refractivity contribution is -0.142. The Hall–Kier alpha value is -3.26. The van der Waals surface area contributed by atoms with Crippen molar-refractivity contribution in [2.24, 2.45) is 0 Å². The van der Waals surface area contributed by atoms with Gasteiger partial charge in [-0.25, -0.2) is 4.79 Å². The SMILES string of the molecule is COCCOc1cccc(NC(=O)c2ccc(OCC(=O)OC)c(OC)c2)c1. The molecule has 0 aliphatic heterocycles. The van der Waals surface area contributed by atoms with Gasteiger partial charge < -0.3 is 29.0 Å². The molecule has 8 heteroatoms. The van der Waals surface area contributed by atoms with Gasteiger partial charge in [0.25, 0.3) is 5.91 Å². The lowest BCUT2D eigenvalue weighted by atomic mass is 10.1. The zero-order chi connectivity index (χ0) is 20.4. The van der Waals surface area contributed by atoms with Crippen molar-refractivity contribution in [2.45, 2.75) is 0 Å². The van der Waals surface area contributed by atoms with Crippen molar-refractivity contribution in [3.8, 4) is 17.2 Å².